The zero-order valence-corrected chi connectivity index (χ0v) is 13.2. The van der Waals surface area contributed by atoms with Crippen molar-refractivity contribution in [2.45, 2.75) is 18.9 Å². The van der Waals surface area contributed by atoms with Gasteiger partial charge in [0.2, 0.25) is 0 Å². The molecule has 1 atom stereocenters. The molecule has 1 aromatic carbocycles. The smallest absolute Gasteiger partial charge is 0.143 e. The molecule has 0 spiro atoms. The van der Waals surface area contributed by atoms with E-state index in [2.05, 4.69) is 37.3 Å². The monoisotopic (exact) mass is 322 g/mol. The molecule has 0 aliphatic carbocycles. The Labute approximate surface area is 139 Å². The van der Waals surface area contributed by atoms with Gasteiger partial charge in [-0.05, 0) is 37.1 Å². The minimum absolute atomic E-state index is 0.444. The number of aliphatic hydroxyl groups excluding tert-OH is 1. The Morgan fingerprint density at radius 2 is 1.71 bits per heavy atom. The third-order valence-corrected chi connectivity index (χ3v) is 4.24. The standard InChI is InChI=1S/C17H18N6O/c24-17(15-11-18-7-8-19-15)16-12-23(21-20-16)14-5-3-13(4-6-14)22-9-1-2-10-22/h3-8,11-12,17,24H,1-2,9-10H2. The van der Waals surface area contributed by atoms with Crippen molar-refractivity contribution in [2.75, 3.05) is 18.0 Å². The van der Waals surface area contributed by atoms with Crippen LogP contribution in [0.4, 0.5) is 5.69 Å². The van der Waals surface area contributed by atoms with Crippen LogP contribution in [0.25, 0.3) is 5.69 Å². The molecule has 7 heteroatoms. The van der Waals surface area contributed by atoms with Gasteiger partial charge >= 0.3 is 0 Å². The van der Waals surface area contributed by atoms with Gasteiger partial charge in [0.25, 0.3) is 0 Å². The second-order valence-corrected chi connectivity index (χ2v) is 5.83. The Bertz CT molecular complexity index is 795. The molecule has 0 amide bonds. The zero-order chi connectivity index (χ0) is 16.4. The van der Waals surface area contributed by atoms with Crippen molar-refractivity contribution >= 4 is 5.69 Å². The number of nitrogens with zero attached hydrogens (tertiary/aromatic N) is 6. The Morgan fingerprint density at radius 3 is 2.42 bits per heavy atom. The maximum atomic E-state index is 10.3. The Kier molecular flexibility index (Phi) is 3.92. The van der Waals surface area contributed by atoms with E-state index in [9.17, 15) is 5.11 Å². The summed E-state index contributed by atoms with van der Waals surface area (Å²) in [6.07, 6.45) is 7.92. The third-order valence-electron chi connectivity index (χ3n) is 4.24. The van der Waals surface area contributed by atoms with Crippen LogP contribution in [-0.2, 0) is 0 Å². The summed E-state index contributed by atoms with van der Waals surface area (Å²) in [4.78, 5) is 10.4. The second kappa shape index (κ2) is 6.37. The van der Waals surface area contributed by atoms with Gasteiger partial charge in [-0.1, -0.05) is 5.21 Å². The molecule has 1 N–H and O–H groups in total. The van der Waals surface area contributed by atoms with Gasteiger partial charge < -0.3 is 10.0 Å². The van der Waals surface area contributed by atoms with Crippen molar-refractivity contribution in [3.8, 4) is 5.69 Å². The lowest BCUT2D eigenvalue weighted by atomic mass is 10.2. The largest absolute Gasteiger partial charge is 0.380 e. The van der Waals surface area contributed by atoms with Crippen LogP contribution in [0, 0.1) is 0 Å². The fraction of sp³-hybridized carbons (Fsp3) is 0.294. The third kappa shape index (κ3) is 2.85. The van der Waals surface area contributed by atoms with Gasteiger partial charge in [-0.15, -0.1) is 5.10 Å². The van der Waals surface area contributed by atoms with Crippen LogP contribution >= 0.6 is 0 Å². The summed E-state index contributed by atoms with van der Waals surface area (Å²) in [5, 5.41) is 18.5. The molecule has 1 fully saturated rings. The highest BCUT2D eigenvalue weighted by atomic mass is 16.3. The fourth-order valence-electron chi connectivity index (χ4n) is 2.92. The van der Waals surface area contributed by atoms with E-state index < -0.39 is 6.10 Å². The van der Waals surface area contributed by atoms with E-state index in [0.717, 1.165) is 18.8 Å². The average molecular weight is 322 g/mol. The summed E-state index contributed by atoms with van der Waals surface area (Å²) in [6.45, 7) is 2.24. The zero-order valence-electron chi connectivity index (χ0n) is 13.2. The van der Waals surface area contributed by atoms with Crippen molar-refractivity contribution in [3.63, 3.8) is 0 Å². The molecule has 7 nitrogen and oxygen atoms in total. The van der Waals surface area contributed by atoms with E-state index in [-0.39, 0.29) is 0 Å². The van der Waals surface area contributed by atoms with E-state index in [1.54, 1.807) is 23.3 Å². The van der Waals surface area contributed by atoms with Crippen molar-refractivity contribution in [1.82, 2.24) is 25.0 Å². The molecule has 4 rings (SSSR count). The molecular formula is C17H18N6O. The van der Waals surface area contributed by atoms with Crippen LogP contribution < -0.4 is 4.90 Å². The Balaban J connectivity index is 1.54. The highest BCUT2D eigenvalue weighted by molar-refractivity contribution is 5.51. The van der Waals surface area contributed by atoms with Crippen LogP contribution in [0.15, 0.2) is 49.1 Å². The van der Waals surface area contributed by atoms with Gasteiger partial charge in [0.05, 0.1) is 23.8 Å². The molecule has 0 radical (unpaired) electrons. The van der Waals surface area contributed by atoms with Crippen LogP contribution in [0.3, 0.4) is 0 Å². The summed E-state index contributed by atoms with van der Waals surface area (Å²) in [5.41, 5.74) is 3.03. The first-order valence-electron chi connectivity index (χ1n) is 8.03. The van der Waals surface area contributed by atoms with Crippen molar-refractivity contribution in [1.29, 1.82) is 0 Å². The normalized spacial score (nSPS) is 15.6. The number of aliphatic hydroxyl groups is 1. The Morgan fingerprint density at radius 1 is 0.958 bits per heavy atom. The molecule has 3 heterocycles. The number of aromatic nitrogens is 5. The predicted molar refractivity (Wildman–Crippen MR) is 88.9 cm³/mol. The number of rotatable bonds is 4. The van der Waals surface area contributed by atoms with Crippen molar-refractivity contribution in [2.24, 2.45) is 0 Å². The minimum atomic E-state index is -0.934. The van der Waals surface area contributed by atoms with E-state index in [1.165, 1.54) is 24.7 Å². The highest BCUT2D eigenvalue weighted by Gasteiger charge is 2.17. The van der Waals surface area contributed by atoms with E-state index in [0.29, 0.717) is 11.4 Å². The number of hydrogen-bond donors (Lipinski definition) is 1. The van der Waals surface area contributed by atoms with Crippen LogP contribution in [0.5, 0.6) is 0 Å². The van der Waals surface area contributed by atoms with Gasteiger partial charge in [0.15, 0.2) is 0 Å². The summed E-state index contributed by atoms with van der Waals surface area (Å²) >= 11 is 0. The average Bonchev–Trinajstić information content (AvgIpc) is 3.34. The van der Waals surface area contributed by atoms with E-state index in [4.69, 9.17) is 0 Å². The molecule has 3 aromatic rings. The molecule has 2 aromatic heterocycles. The Hall–Kier alpha value is -2.80. The first-order valence-corrected chi connectivity index (χ1v) is 8.03. The molecule has 1 unspecified atom stereocenters. The molecule has 0 bridgehead atoms. The molecule has 1 aliphatic heterocycles. The first-order chi connectivity index (χ1) is 11.8. The molecule has 1 aliphatic rings. The quantitative estimate of drug-likeness (QED) is 0.788. The topological polar surface area (TPSA) is 80.0 Å². The predicted octanol–water partition coefficient (Wildman–Crippen LogP) is 1.74. The van der Waals surface area contributed by atoms with E-state index in [1.807, 2.05) is 12.1 Å². The molecule has 122 valence electrons. The lowest BCUT2D eigenvalue weighted by Crippen LogP contribution is -2.17. The maximum Gasteiger partial charge on any atom is 0.143 e. The second-order valence-electron chi connectivity index (χ2n) is 5.83. The SMILES string of the molecule is OC(c1cnccn1)c1cn(-c2ccc(N3CCCC3)cc2)nn1. The number of hydrogen-bond acceptors (Lipinski definition) is 6. The maximum absolute atomic E-state index is 10.3. The van der Waals surface area contributed by atoms with Crippen molar-refractivity contribution < 1.29 is 5.11 Å². The summed E-state index contributed by atoms with van der Waals surface area (Å²) in [6, 6.07) is 8.23. The molecule has 1 saturated heterocycles. The number of anilines is 1. The van der Waals surface area contributed by atoms with Crippen LogP contribution in [0.1, 0.15) is 30.3 Å². The molecular weight excluding hydrogens is 304 g/mol. The van der Waals surface area contributed by atoms with Gasteiger partial charge in [0, 0.05) is 31.2 Å². The summed E-state index contributed by atoms with van der Waals surface area (Å²) in [5.74, 6) is 0. The van der Waals surface area contributed by atoms with Gasteiger partial charge in [-0.3, -0.25) is 9.97 Å². The highest BCUT2D eigenvalue weighted by Crippen LogP contribution is 2.22. The summed E-state index contributed by atoms with van der Waals surface area (Å²) in [7, 11) is 0. The lowest BCUT2D eigenvalue weighted by Gasteiger charge is -2.17. The van der Waals surface area contributed by atoms with Crippen LogP contribution in [-0.4, -0.2) is 43.2 Å². The lowest BCUT2D eigenvalue weighted by molar-refractivity contribution is 0.209. The van der Waals surface area contributed by atoms with Gasteiger partial charge in [0.1, 0.15) is 11.8 Å². The van der Waals surface area contributed by atoms with Gasteiger partial charge in [-0.2, -0.15) is 0 Å². The van der Waals surface area contributed by atoms with E-state index >= 15 is 0 Å². The number of benzene rings is 1. The molecule has 0 saturated carbocycles. The van der Waals surface area contributed by atoms with Gasteiger partial charge in [-0.25, -0.2) is 4.68 Å². The molecule has 24 heavy (non-hydrogen) atoms. The first kappa shape index (κ1) is 14.8. The van der Waals surface area contributed by atoms with Crippen molar-refractivity contribution in [3.05, 3.63) is 60.4 Å². The minimum Gasteiger partial charge on any atom is -0.380 e. The summed E-state index contributed by atoms with van der Waals surface area (Å²) < 4.78 is 1.66. The van der Waals surface area contributed by atoms with Crippen LogP contribution in [0.2, 0.25) is 0 Å². The fourth-order valence-corrected chi connectivity index (χ4v) is 2.92.